The first-order valence-electron chi connectivity index (χ1n) is 10.6. The van der Waals surface area contributed by atoms with Crippen LogP contribution in [-0.2, 0) is 16.1 Å². The van der Waals surface area contributed by atoms with Gasteiger partial charge in [-0.05, 0) is 45.2 Å². The van der Waals surface area contributed by atoms with Gasteiger partial charge in [0.25, 0.3) is 0 Å². The molecule has 0 saturated carbocycles. The zero-order valence-electron chi connectivity index (χ0n) is 18.7. The van der Waals surface area contributed by atoms with E-state index in [-0.39, 0.29) is 11.8 Å². The van der Waals surface area contributed by atoms with Crippen LogP contribution in [0.25, 0.3) is 0 Å². The Hall–Kier alpha value is -3.16. The molecule has 1 aliphatic heterocycles. The molecule has 0 spiro atoms. The molecule has 1 aromatic carbocycles. The van der Waals surface area contributed by atoms with Crippen LogP contribution in [0.15, 0.2) is 42.9 Å². The quantitative estimate of drug-likeness (QED) is 0.786. The molecule has 1 N–H and O–H groups in total. The maximum Gasteiger partial charge on any atom is 0.410 e. The molecular weight excluding hydrogens is 394 g/mol. The van der Waals surface area contributed by atoms with Gasteiger partial charge in [0.2, 0.25) is 5.91 Å². The Morgan fingerprint density at radius 2 is 2.03 bits per heavy atom. The van der Waals surface area contributed by atoms with Crippen molar-refractivity contribution in [1.29, 1.82) is 0 Å². The number of amides is 2. The van der Waals surface area contributed by atoms with Crippen LogP contribution in [0.5, 0.6) is 0 Å². The molecule has 3 rings (SSSR count). The van der Waals surface area contributed by atoms with Crippen LogP contribution in [0.3, 0.4) is 0 Å². The Labute approximate surface area is 183 Å². The second-order valence-electron chi connectivity index (χ2n) is 8.83. The summed E-state index contributed by atoms with van der Waals surface area (Å²) in [5.41, 5.74) is 1.00. The van der Waals surface area contributed by atoms with Gasteiger partial charge in [-0.25, -0.2) is 9.78 Å². The number of rotatable bonds is 5. The van der Waals surface area contributed by atoms with Crippen molar-refractivity contribution in [2.45, 2.75) is 45.8 Å². The monoisotopic (exact) mass is 425 g/mol. The SMILES string of the molecule is CN(Cc1ccccc1NC(=O)C1CCCN(c2cnccn2)C1)C(=O)OC(C)(C)C. The summed E-state index contributed by atoms with van der Waals surface area (Å²) in [5, 5.41) is 3.06. The lowest BCUT2D eigenvalue weighted by Crippen LogP contribution is -2.41. The van der Waals surface area contributed by atoms with E-state index in [9.17, 15) is 9.59 Å². The molecule has 0 bridgehead atoms. The third-order valence-electron chi connectivity index (χ3n) is 5.05. The number of anilines is 2. The minimum absolute atomic E-state index is 0.0269. The molecule has 1 saturated heterocycles. The summed E-state index contributed by atoms with van der Waals surface area (Å²) < 4.78 is 5.42. The van der Waals surface area contributed by atoms with E-state index in [1.54, 1.807) is 25.6 Å². The topological polar surface area (TPSA) is 87.7 Å². The number of hydrogen-bond donors (Lipinski definition) is 1. The van der Waals surface area contributed by atoms with E-state index in [1.807, 2.05) is 45.0 Å². The van der Waals surface area contributed by atoms with Gasteiger partial charge in [-0.1, -0.05) is 18.2 Å². The Balaban J connectivity index is 1.64. The lowest BCUT2D eigenvalue weighted by Gasteiger charge is -2.32. The standard InChI is InChI=1S/C23H31N5O3/c1-23(2,3)31-22(30)27(4)15-17-8-5-6-10-19(17)26-21(29)18-9-7-13-28(16-18)20-14-24-11-12-25-20/h5-6,8,10-12,14,18H,7,9,13,15-16H2,1-4H3,(H,26,29). The average molecular weight is 426 g/mol. The summed E-state index contributed by atoms with van der Waals surface area (Å²) in [4.78, 5) is 37.4. The van der Waals surface area contributed by atoms with Crippen LogP contribution in [0.1, 0.15) is 39.2 Å². The van der Waals surface area contributed by atoms with Crippen LogP contribution in [0, 0.1) is 5.92 Å². The zero-order valence-corrected chi connectivity index (χ0v) is 18.7. The Kier molecular flexibility index (Phi) is 7.09. The molecule has 8 heteroatoms. The normalized spacial score (nSPS) is 16.5. The van der Waals surface area contributed by atoms with Gasteiger partial charge in [-0.3, -0.25) is 9.78 Å². The number of carbonyl (C=O) groups excluding carboxylic acids is 2. The minimum atomic E-state index is -0.560. The van der Waals surface area contributed by atoms with E-state index in [0.717, 1.165) is 30.8 Å². The first-order chi connectivity index (χ1) is 14.7. The number of piperidine rings is 1. The number of para-hydroxylation sites is 1. The molecule has 31 heavy (non-hydrogen) atoms. The van der Waals surface area contributed by atoms with Crippen LogP contribution in [0.2, 0.25) is 0 Å². The van der Waals surface area contributed by atoms with Crippen LogP contribution >= 0.6 is 0 Å². The molecule has 166 valence electrons. The third kappa shape index (κ3) is 6.41. The van der Waals surface area contributed by atoms with Gasteiger partial charge in [0.05, 0.1) is 18.7 Å². The Morgan fingerprint density at radius 3 is 2.74 bits per heavy atom. The van der Waals surface area contributed by atoms with E-state index in [1.165, 1.54) is 4.90 Å². The van der Waals surface area contributed by atoms with Gasteiger partial charge >= 0.3 is 6.09 Å². The summed E-state index contributed by atoms with van der Waals surface area (Å²) in [6.45, 7) is 7.30. The van der Waals surface area contributed by atoms with Gasteiger partial charge in [0.1, 0.15) is 11.4 Å². The Bertz CT molecular complexity index is 898. The number of nitrogens with zero attached hydrogens (tertiary/aromatic N) is 4. The highest BCUT2D eigenvalue weighted by molar-refractivity contribution is 5.93. The summed E-state index contributed by atoms with van der Waals surface area (Å²) in [6, 6.07) is 7.53. The van der Waals surface area contributed by atoms with Crippen molar-refractivity contribution >= 4 is 23.5 Å². The second-order valence-corrected chi connectivity index (χ2v) is 8.83. The van der Waals surface area contributed by atoms with Gasteiger partial charge in [-0.2, -0.15) is 0 Å². The molecule has 1 unspecified atom stereocenters. The molecule has 2 aromatic rings. The first-order valence-corrected chi connectivity index (χ1v) is 10.6. The molecule has 2 heterocycles. The zero-order chi connectivity index (χ0) is 22.4. The van der Waals surface area contributed by atoms with Crippen molar-refractivity contribution in [1.82, 2.24) is 14.9 Å². The third-order valence-corrected chi connectivity index (χ3v) is 5.05. The molecule has 1 aromatic heterocycles. The van der Waals surface area contributed by atoms with Crippen molar-refractivity contribution in [3.8, 4) is 0 Å². The molecule has 0 radical (unpaired) electrons. The van der Waals surface area contributed by atoms with Crippen LogP contribution in [-0.4, -0.2) is 52.6 Å². The van der Waals surface area contributed by atoms with E-state index in [2.05, 4.69) is 20.2 Å². The predicted molar refractivity (Wildman–Crippen MR) is 120 cm³/mol. The van der Waals surface area contributed by atoms with Crippen molar-refractivity contribution in [2.24, 2.45) is 5.92 Å². The number of benzene rings is 1. The van der Waals surface area contributed by atoms with Crippen molar-refractivity contribution in [3.63, 3.8) is 0 Å². The highest BCUT2D eigenvalue weighted by Gasteiger charge is 2.27. The molecule has 2 amide bonds. The lowest BCUT2D eigenvalue weighted by atomic mass is 9.97. The number of hydrogen-bond acceptors (Lipinski definition) is 6. The van der Waals surface area contributed by atoms with Crippen LogP contribution < -0.4 is 10.2 Å². The second kappa shape index (κ2) is 9.76. The molecule has 1 fully saturated rings. The van der Waals surface area contributed by atoms with E-state index in [4.69, 9.17) is 4.74 Å². The molecule has 1 atom stereocenters. The van der Waals surface area contributed by atoms with E-state index < -0.39 is 11.7 Å². The number of carbonyl (C=O) groups is 2. The molecule has 8 nitrogen and oxygen atoms in total. The first kappa shape index (κ1) is 22.5. The fourth-order valence-corrected chi connectivity index (χ4v) is 3.53. The van der Waals surface area contributed by atoms with Gasteiger partial charge in [0.15, 0.2) is 0 Å². The smallest absolute Gasteiger partial charge is 0.410 e. The largest absolute Gasteiger partial charge is 0.444 e. The number of aromatic nitrogens is 2. The molecule has 0 aliphatic carbocycles. The van der Waals surface area contributed by atoms with Crippen LogP contribution in [0.4, 0.5) is 16.3 Å². The summed E-state index contributed by atoms with van der Waals surface area (Å²) in [5.74, 6) is 0.618. The van der Waals surface area contributed by atoms with Gasteiger partial charge < -0.3 is 19.9 Å². The number of nitrogens with one attached hydrogen (secondary N) is 1. The molecular formula is C23H31N5O3. The Morgan fingerprint density at radius 1 is 1.26 bits per heavy atom. The summed E-state index contributed by atoms with van der Waals surface area (Å²) in [7, 11) is 1.69. The van der Waals surface area contributed by atoms with Crippen molar-refractivity contribution in [2.75, 3.05) is 30.4 Å². The van der Waals surface area contributed by atoms with Crippen molar-refractivity contribution < 1.29 is 14.3 Å². The average Bonchev–Trinajstić information content (AvgIpc) is 2.74. The highest BCUT2D eigenvalue weighted by atomic mass is 16.6. The van der Waals surface area contributed by atoms with E-state index >= 15 is 0 Å². The van der Waals surface area contributed by atoms with E-state index in [0.29, 0.717) is 18.8 Å². The summed E-state index contributed by atoms with van der Waals surface area (Å²) in [6.07, 6.45) is 6.36. The fourth-order valence-electron chi connectivity index (χ4n) is 3.53. The predicted octanol–water partition coefficient (Wildman–Crippen LogP) is 3.70. The number of ether oxygens (including phenoxy) is 1. The van der Waals surface area contributed by atoms with Crippen molar-refractivity contribution in [3.05, 3.63) is 48.4 Å². The highest BCUT2D eigenvalue weighted by Crippen LogP contribution is 2.24. The fraction of sp³-hybridized carbons (Fsp3) is 0.478. The maximum atomic E-state index is 13.0. The van der Waals surface area contributed by atoms with Gasteiger partial charge in [-0.15, -0.1) is 0 Å². The van der Waals surface area contributed by atoms with Gasteiger partial charge in [0, 0.05) is 38.2 Å². The molecule has 1 aliphatic rings. The lowest BCUT2D eigenvalue weighted by molar-refractivity contribution is -0.120. The maximum absolute atomic E-state index is 13.0. The minimum Gasteiger partial charge on any atom is -0.444 e. The summed E-state index contributed by atoms with van der Waals surface area (Å²) >= 11 is 0.